The Morgan fingerprint density at radius 3 is 2.42 bits per heavy atom. The lowest BCUT2D eigenvalue weighted by Gasteiger charge is -2.35. The summed E-state index contributed by atoms with van der Waals surface area (Å²) < 4.78 is 0. The van der Waals surface area contributed by atoms with E-state index in [1.807, 2.05) is 6.92 Å². The molecule has 2 aromatic heterocycles. The van der Waals surface area contributed by atoms with E-state index in [1.165, 1.54) is 0 Å². The van der Waals surface area contributed by atoms with Crippen LogP contribution in [-0.4, -0.2) is 41.1 Å². The van der Waals surface area contributed by atoms with Crippen molar-refractivity contribution in [1.82, 2.24) is 15.0 Å². The quantitative estimate of drug-likeness (QED) is 0.887. The van der Waals surface area contributed by atoms with Gasteiger partial charge in [-0.3, -0.25) is 0 Å². The first-order valence-electron chi connectivity index (χ1n) is 6.22. The molecule has 1 aliphatic heterocycles. The minimum Gasteiger partial charge on any atom is -0.381 e. The third kappa shape index (κ3) is 2.46. The predicted molar refractivity (Wildman–Crippen MR) is 77.7 cm³/mol. The fourth-order valence-electron chi connectivity index (χ4n) is 2.18. The number of hydrogen-bond acceptors (Lipinski definition) is 7. The van der Waals surface area contributed by atoms with E-state index in [0.29, 0.717) is 5.82 Å². The van der Waals surface area contributed by atoms with Crippen LogP contribution in [0, 0.1) is 6.92 Å². The van der Waals surface area contributed by atoms with Crippen LogP contribution in [0.1, 0.15) is 5.69 Å². The predicted octanol–water partition coefficient (Wildman–Crippen LogP) is 1.15. The van der Waals surface area contributed by atoms with Crippen LogP contribution in [0.15, 0.2) is 17.8 Å². The van der Waals surface area contributed by atoms with Gasteiger partial charge in [-0.1, -0.05) is 0 Å². The van der Waals surface area contributed by atoms with E-state index < -0.39 is 0 Å². The van der Waals surface area contributed by atoms with Crippen molar-refractivity contribution in [2.75, 3.05) is 41.7 Å². The summed E-state index contributed by atoms with van der Waals surface area (Å²) in [6, 6.07) is 0. The van der Waals surface area contributed by atoms with Gasteiger partial charge in [0.15, 0.2) is 16.8 Å². The second kappa shape index (κ2) is 5.00. The highest BCUT2D eigenvalue weighted by atomic mass is 32.1. The molecule has 19 heavy (non-hydrogen) atoms. The zero-order chi connectivity index (χ0) is 13.2. The molecule has 1 fully saturated rings. The molecule has 0 atom stereocenters. The maximum absolute atomic E-state index is 5.86. The van der Waals surface area contributed by atoms with Crippen LogP contribution in [0.4, 0.5) is 16.8 Å². The molecule has 7 heteroatoms. The van der Waals surface area contributed by atoms with Crippen molar-refractivity contribution in [2.24, 2.45) is 0 Å². The van der Waals surface area contributed by atoms with Crippen molar-refractivity contribution in [3.8, 4) is 0 Å². The monoisotopic (exact) mass is 276 g/mol. The van der Waals surface area contributed by atoms with E-state index in [1.54, 1.807) is 23.7 Å². The summed E-state index contributed by atoms with van der Waals surface area (Å²) in [6.07, 6.45) is 3.30. The molecule has 2 N–H and O–H groups in total. The van der Waals surface area contributed by atoms with E-state index in [-0.39, 0.29) is 0 Å². The highest BCUT2D eigenvalue weighted by Gasteiger charge is 2.21. The fourth-order valence-corrected chi connectivity index (χ4v) is 3.04. The highest BCUT2D eigenvalue weighted by Crippen LogP contribution is 2.24. The molecule has 6 nitrogen and oxygen atoms in total. The number of nitrogens with zero attached hydrogens (tertiary/aromatic N) is 5. The number of rotatable bonds is 2. The molecular weight excluding hydrogens is 260 g/mol. The Morgan fingerprint density at radius 2 is 1.79 bits per heavy atom. The van der Waals surface area contributed by atoms with Crippen LogP contribution in [0.2, 0.25) is 0 Å². The topological polar surface area (TPSA) is 71.2 Å². The lowest BCUT2D eigenvalue weighted by molar-refractivity contribution is 0.645. The third-order valence-electron chi connectivity index (χ3n) is 3.16. The summed E-state index contributed by atoms with van der Waals surface area (Å²) in [4.78, 5) is 17.4. The molecule has 3 rings (SSSR count). The first-order valence-corrected chi connectivity index (χ1v) is 7.10. The summed E-state index contributed by atoms with van der Waals surface area (Å²) in [7, 11) is 0. The first-order chi connectivity index (χ1) is 9.24. The molecule has 0 radical (unpaired) electrons. The minimum absolute atomic E-state index is 0.501. The molecule has 0 amide bonds. The maximum Gasteiger partial charge on any atom is 0.185 e. The Bertz CT molecular complexity index is 561. The highest BCUT2D eigenvalue weighted by molar-refractivity contribution is 7.13. The van der Waals surface area contributed by atoms with Crippen LogP contribution in [-0.2, 0) is 0 Å². The lowest BCUT2D eigenvalue weighted by Crippen LogP contribution is -2.47. The van der Waals surface area contributed by atoms with E-state index >= 15 is 0 Å². The van der Waals surface area contributed by atoms with Crippen LogP contribution < -0.4 is 15.5 Å². The number of nitrogen functional groups attached to an aromatic ring is 1. The summed E-state index contributed by atoms with van der Waals surface area (Å²) in [5.41, 5.74) is 6.95. The Balaban J connectivity index is 1.68. The smallest absolute Gasteiger partial charge is 0.185 e. The second-order valence-electron chi connectivity index (χ2n) is 4.51. The van der Waals surface area contributed by atoms with Gasteiger partial charge in [-0.05, 0) is 6.92 Å². The SMILES string of the molecule is Cc1csc(N2CCN(c3nccnc3N)CC2)n1. The average molecular weight is 276 g/mol. The molecule has 3 heterocycles. The number of anilines is 3. The lowest BCUT2D eigenvalue weighted by atomic mass is 10.3. The van der Waals surface area contributed by atoms with Crippen LogP contribution >= 0.6 is 11.3 Å². The van der Waals surface area contributed by atoms with Crippen molar-refractivity contribution in [3.63, 3.8) is 0 Å². The average Bonchev–Trinajstić information content (AvgIpc) is 2.86. The molecule has 100 valence electrons. The largest absolute Gasteiger partial charge is 0.381 e. The van der Waals surface area contributed by atoms with E-state index in [4.69, 9.17) is 5.73 Å². The normalized spacial score (nSPS) is 15.8. The summed E-state index contributed by atoms with van der Waals surface area (Å²) in [5.74, 6) is 1.29. The van der Waals surface area contributed by atoms with Crippen LogP contribution in [0.25, 0.3) is 0 Å². The number of aromatic nitrogens is 3. The second-order valence-corrected chi connectivity index (χ2v) is 5.35. The van der Waals surface area contributed by atoms with Gasteiger partial charge in [0.2, 0.25) is 0 Å². The van der Waals surface area contributed by atoms with Gasteiger partial charge in [-0.2, -0.15) is 0 Å². The zero-order valence-corrected chi connectivity index (χ0v) is 11.6. The molecule has 2 aromatic rings. The Labute approximate surface area is 115 Å². The van der Waals surface area contributed by atoms with Gasteiger partial charge in [-0.15, -0.1) is 11.3 Å². The Morgan fingerprint density at radius 1 is 1.11 bits per heavy atom. The van der Waals surface area contributed by atoms with E-state index in [2.05, 4.69) is 30.1 Å². The first kappa shape index (κ1) is 12.2. The summed E-state index contributed by atoms with van der Waals surface area (Å²) in [5, 5.41) is 3.19. The fraction of sp³-hybridized carbons (Fsp3) is 0.417. The Hall–Kier alpha value is -1.89. The van der Waals surface area contributed by atoms with Crippen LogP contribution in [0.5, 0.6) is 0 Å². The minimum atomic E-state index is 0.501. The van der Waals surface area contributed by atoms with Crippen molar-refractivity contribution < 1.29 is 0 Å². The van der Waals surface area contributed by atoms with Gasteiger partial charge in [-0.25, -0.2) is 15.0 Å². The van der Waals surface area contributed by atoms with Crippen molar-refractivity contribution in [3.05, 3.63) is 23.5 Å². The molecule has 0 saturated carbocycles. The van der Waals surface area contributed by atoms with Gasteiger partial charge < -0.3 is 15.5 Å². The van der Waals surface area contributed by atoms with Gasteiger partial charge in [0.05, 0.1) is 5.69 Å². The number of aryl methyl sites for hydroxylation is 1. The number of thiazole rings is 1. The molecule has 0 spiro atoms. The third-order valence-corrected chi connectivity index (χ3v) is 4.18. The van der Waals surface area contributed by atoms with Gasteiger partial charge in [0, 0.05) is 44.0 Å². The van der Waals surface area contributed by atoms with E-state index in [0.717, 1.165) is 42.8 Å². The summed E-state index contributed by atoms with van der Waals surface area (Å²) >= 11 is 1.70. The van der Waals surface area contributed by atoms with Crippen molar-refractivity contribution >= 4 is 28.1 Å². The van der Waals surface area contributed by atoms with Gasteiger partial charge in [0.25, 0.3) is 0 Å². The number of nitrogens with two attached hydrogens (primary N) is 1. The molecule has 1 saturated heterocycles. The molecular formula is C12H16N6S. The van der Waals surface area contributed by atoms with Gasteiger partial charge >= 0.3 is 0 Å². The molecule has 0 bridgehead atoms. The van der Waals surface area contributed by atoms with Crippen molar-refractivity contribution in [1.29, 1.82) is 0 Å². The van der Waals surface area contributed by atoms with Crippen molar-refractivity contribution in [2.45, 2.75) is 6.92 Å². The zero-order valence-electron chi connectivity index (χ0n) is 10.8. The molecule has 1 aliphatic rings. The maximum atomic E-state index is 5.86. The number of piperazine rings is 1. The Kier molecular flexibility index (Phi) is 3.20. The van der Waals surface area contributed by atoms with Crippen LogP contribution in [0.3, 0.4) is 0 Å². The summed E-state index contributed by atoms with van der Waals surface area (Å²) in [6.45, 7) is 5.67. The van der Waals surface area contributed by atoms with E-state index in [9.17, 15) is 0 Å². The molecule has 0 unspecified atom stereocenters. The van der Waals surface area contributed by atoms with Gasteiger partial charge in [0.1, 0.15) is 0 Å². The molecule has 0 aromatic carbocycles. The standard InChI is InChI=1S/C12H16N6S/c1-9-8-19-12(16-9)18-6-4-17(5-7-18)11-10(13)14-2-3-15-11/h2-3,8H,4-7H2,1H3,(H2,13,14). The molecule has 0 aliphatic carbocycles. The number of hydrogen-bond donors (Lipinski definition) is 1.